The minimum atomic E-state index is -0.0507. The van der Waals surface area contributed by atoms with Crippen LogP contribution in [0.3, 0.4) is 0 Å². The number of nitrogens with one attached hydrogen (secondary N) is 1. The van der Waals surface area contributed by atoms with Crippen LogP contribution >= 0.6 is 0 Å². The molecule has 1 saturated carbocycles. The predicted molar refractivity (Wildman–Crippen MR) is 69.9 cm³/mol. The molecule has 1 N–H and O–H groups in total. The van der Waals surface area contributed by atoms with E-state index in [1.807, 2.05) is 4.90 Å². The molecule has 1 heterocycles. The van der Waals surface area contributed by atoms with Crippen LogP contribution in [0, 0.1) is 17.8 Å². The van der Waals surface area contributed by atoms with Crippen molar-refractivity contribution in [2.75, 3.05) is 19.6 Å². The van der Waals surface area contributed by atoms with E-state index in [4.69, 9.17) is 0 Å². The lowest BCUT2D eigenvalue weighted by Gasteiger charge is -2.14. The average molecular weight is 252 g/mol. The topological polar surface area (TPSA) is 49.4 Å². The standard InChI is InChI=1S/C14H24N2O2/c1-10(2)5-6-15-13(17)11-9-12(11)14(18)16-7-3-4-8-16/h10-12H,3-9H2,1-2H3,(H,15,17). The summed E-state index contributed by atoms with van der Waals surface area (Å²) in [7, 11) is 0. The van der Waals surface area contributed by atoms with Gasteiger partial charge in [-0.1, -0.05) is 13.8 Å². The van der Waals surface area contributed by atoms with E-state index in [2.05, 4.69) is 19.2 Å². The third-order valence-electron chi connectivity index (χ3n) is 3.88. The molecule has 18 heavy (non-hydrogen) atoms. The highest BCUT2D eigenvalue weighted by Gasteiger charge is 2.49. The van der Waals surface area contributed by atoms with Crippen molar-refractivity contribution in [2.45, 2.75) is 39.5 Å². The van der Waals surface area contributed by atoms with E-state index in [1.165, 1.54) is 0 Å². The lowest BCUT2D eigenvalue weighted by atomic mass is 10.1. The van der Waals surface area contributed by atoms with E-state index in [9.17, 15) is 9.59 Å². The molecule has 2 fully saturated rings. The molecule has 2 amide bonds. The van der Waals surface area contributed by atoms with Crippen molar-refractivity contribution >= 4 is 11.8 Å². The van der Waals surface area contributed by atoms with Crippen LogP contribution in [-0.2, 0) is 9.59 Å². The molecule has 0 aromatic heterocycles. The fourth-order valence-corrected chi connectivity index (χ4v) is 2.54. The molecule has 2 rings (SSSR count). The molecule has 102 valence electrons. The Labute approximate surface area is 109 Å². The maximum absolute atomic E-state index is 12.1. The van der Waals surface area contributed by atoms with Crippen molar-refractivity contribution in [3.05, 3.63) is 0 Å². The molecular formula is C14H24N2O2. The highest BCUT2D eigenvalue weighted by molar-refractivity contribution is 5.92. The summed E-state index contributed by atoms with van der Waals surface area (Å²) in [4.78, 5) is 25.8. The van der Waals surface area contributed by atoms with Gasteiger partial charge in [0.2, 0.25) is 11.8 Å². The molecule has 1 aliphatic heterocycles. The maximum atomic E-state index is 12.1. The van der Waals surface area contributed by atoms with Gasteiger partial charge in [-0.05, 0) is 31.6 Å². The van der Waals surface area contributed by atoms with Crippen LogP contribution in [0.2, 0.25) is 0 Å². The van der Waals surface area contributed by atoms with Gasteiger partial charge in [0.25, 0.3) is 0 Å². The summed E-state index contributed by atoms with van der Waals surface area (Å²) in [6, 6.07) is 0. The van der Waals surface area contributed by atoms with Crippen LogP contribution < -0.4 is 5.32 Å². The monoisotopic (exact) mass is 252 g/mol. The summed E-state index contributed by atoms with van der Waals surface area (Å²) in [5.41, 5.74) is 0. The Balaban J connectivity index is 1.69. The van der Waals surface area contributed by atoms with Gasteiger partial charge in [-0.15, -0.1) is 0 Å². The number of hydrogen-bond acceptors (Lipinski definition) is 2. The molecule has 4 heteroatoms. The van der Waals surface area contributed by atoms with Crippen molar-refractivity contribution in [3.63, 3.8) is 0 Å². The van der Waals surface area contributed by atoms with Crippen LogP contribution in [-0.4, -0.2) is 36.3 Å². The van der Waals surface area contributed by atoms with Gasteiger partial charge in [-0.25, -0.2) is 0 Å². The van der Waals surface area contributed by atoms with E-state index in [0.29, 0.717) is 5.92 Å². The molecule has 0 aromatic rings. The van der Waals surface area contributed by atoms with Crippen molar-refractivity contribution in [3.8, 4) is 0 Å². The molecule has 2 unspecified atom stereocenters. The lowest BCUT2D eigenvalue weighted by molar-refractivity contribution is -0.133. The van der Waals surface area contributed by atoms with E-state index in [0.717, 1.165) is 45.3 Å². The first-order valence-electron chi connectivity index (χ1n) is 7.16. The number of likely N-dealkylation sites (tertiary alicyclic amines) is 1. The number of amides is 2. The van der Waals surface area contributed by atoms with Crippen LogP contribution in [0.25, 0.3) is 0 Å². The van der Waals surface area contributed by atoms with Crippen molar-refractivity contribution in [1.29, 1.82) is 0 Å². The second kappa shape index (κ2) is 5.72. The summed E-state index contributed by atoms with van der Waals surface area (Å²) in [6.07, 6.45) is 3.99. The Hall–Kier alpha value is -1.06. The van der Waals surface area contributed by atoms with Gasteiger partial charge >= 0.3 is 0 Å². The fourth-order valence-electron chi connectivity index (χ4n) is 2.54. The zero-order chi connectivity index (χ0) is 13.1. The predicted octanol–water partition coefficient (Wildman–Crippen LogP) is 1.41. The molecule has 2 aliphatic rings. The number of rotatable bonds is 5. The summed E-state index contributed by atoms with van der Waals surface area (Å²) in [5, 5.41) is 2.94. The third-order valence-corrected chi connectivity index (χ3v) is 3.88. The molecule has 4 nitrogen and oxygen atoms in total. The van der Waals surface area contributed by atoms with E-state index in [-0.39, 0.29) is 23.7 Å². The van der Waals surface area contributed by atoms with Gasteiger partial charge in [0, 0.05) is 19.6 Å². The second-order valence-corrected chi connectivity index (χ2v) is 5.95. The summed E-state index contributed by atoms with van der Waals surface area (Å²) >= 11 is 0. The average Bonchev–Trinajstić information content (AvgIpc) is 2.93. The zero-order valence-corrected chi connectivity index (χ0v) is 11.4. The summed E-state index contributed by atoms with van der Waals surface area (Å²) < 4.78 is 0. The zero-order valence-electron chi connectivity index (χ0n) is 11.4. The minimum Gasteiger partial charge on any atom is -0.356 e. The smallest absolute Gasteiger partial charge is 0.226 e. The molecule has 0 spiro atoms. The highest BCUT2D eigenvalue weighted by Crippen LogP contribution is 2.40. The summed E-state index contributed by atoms with van der Waals surface area (Å²) in [6.45, 7) is 6.79. The largest absolute Gasteiger partial charge is 0.356 e. The van der Waals surface area contributed by atoms with Crippen LogP contribution in [0.5, 0.6) is 0 Å². The fraction of sp³-hybridized carbons (Fsp3) is 0.857. The first-order chi connectivity index (χ1) is 8.59. The van der Waals surface area contributed by atoms with E-state index in [1.54, 1.807) is 0 Å². The van der Waals surface area contributed by atoms with Gasteiger partial charge in [-0.3, -0.25) is 9.59 Å². The van der Waals surface area contributed by atoms with E-state index < -0.39 is 0 Å². The minimum absolute atomic E-state index is 0.0258. The van der Waals surface area contributed by atoms with Crippen molar-refractivity contribution in [1.82, 2.24) is 10.2 Å². The normalized spacial score (nSPS) is 26.5. The molecule has 0 aromatic carbocycles. The van der Waals surface area contributed by atoms with Crippen LogP contribution in [0.4, 0.5) is 0 Å². The van der Waals surface area contributed by atoms with E-state index >= 15 is 0 Å². The Kier molecular flexibility index (Phi) is 4.25. The first-order valence-corrected chi connectivity index (χ1v) is 7.16. The SMILES string of the molecule is CC(C)CCNC(=O)C1CC1C(=O)N1CCCC1. The van der Waals surface area contributed by atoms with Crippen molar-refractivity contribution < 1.29 is 9.59 Å². The number of carbonyl (C=O) groups excluding carboxylic acids is 2. The maximum Gasteiger partial charge on any atom is 0.226 e. The molecule has 0 bridgehead atoms. The van der Waals surface area contributed by atoms with Gasteiger partial charge in [0.15, 0.2) is 0 Å². The Morgan fingerprint density at radius 2 is 1.89 bits per heavy atom. The number of hydrogen-bond donors (Lipinski definition) is 1. The first kappa shape index (κ1) is 13.4. The quantitative estimate of drug-likeness (QED) is 0.804. The van der Waals surface area contributed by atoms with Crippen LogP contribution in [0.15, 0.2) is 0 Å². The van der Waals surface area contributed by atoms with Gasteiger partial charge in [-0.2, -0.15) is 0 Å². The van der Waals surface area contributed by atoms with Gasteiger partial charge < -0.3 is 10.2 Å². The molecule has 0 radical (unpaired) electrons. The Morgan fingerprint density at radius 3 is 2.50 bits per heavy atom. The van der Waals surface area contributed by atoms with Crippen LogP contribution in [0.1, 0.15) is 39.5 Å². The summed E-state index contributed by atoms with van der Waals surface area (Å²) in [5.74, 6) is 0.809. The molecule has 2 atom stereocenters. The number of nitrogens with zero attached hydrogens (tertiary/aromatic N) is 1. The Morgan fingerprint density at radius 1 is 1.22 bits per heavy atom. The highest BCUT2D eigenvalue weighted by atomic mass is 16.2. The Bertz CT molecular complexity index is 322. The third kappa shape index (κ3) is 3.24. The van der Waals surface area contributed by atoms with Gasteiger partial charge in [0.05, 0.1) is 11.8 Å². The van der Waals surface area contributed by atoms with Gasteiger partial charge in [0.1, 0.15) is 0 Å². The lowest BCUT2D eigenvalue weighted by Crippen LogP contribution is -2.32. The molecular weight excluding hydrogens is 228 g/mol. The second-order valence-electron chi connectivity index (χ2n) is 5.95. The van der Waals surface area contributed by atoms with Crippen molar-refractivity contribution in [2.24, 2.45) is 17.8 Å². The molecule has 1 saturated heterocycles. The molecule has 1 aliphatic carbocycles. The number of carbonyl (C=O) groups is 2.